The molecule has 1 N–H and O–H groups in total. The van der Waals surface area contributed by atoms with Gasteiger partial charge in [0.25, 0.3) is 11.5 Å². The van der Waals surface area contributed by atoms with E-state index in [0.717, 1.165) is 18.4 Å². The Kier molecular flexibility index (Phi) is 4.16. The van der Waals surface area contributed by atoms with Crippen LogP contribution in [0.5, 0.6) is 0 Å². The van der Waals surface area contributed by atoms with Crippen molar-refractivity contribution in [2.24, 2.45) is 7.05 Å². The minimum Gasteiger partial charge on any atom is -0.343 e. The number of pyridine rings is 1. The molecule has 1 aliphatic rings. The van der Waals surface area contributed by atoms with E-state index >= 15 is 0 Å². The zero-order chi connectivity index (χ0) is 18.1. The molecular formula is C20H20N4O2. The predicted molar refractivity (Wildman–Crippen MR) is 97.9 cm³/mol. The fourth-order valence-electron chi connectivity index (χ4n) is 3.62. The highest BCUT2D eigenvalue weighted by atomic mass is 16.2. The van der Waals surface area contributed by atoms with Gasteiger partial charge in [-0.15, -0.1) is 0 Å². The number of nitrogens with zero attached hydrogens (tertiary/aromatic N) is 3. The molecule has 0 unspecified atom stereocenters. The molecule has 6 nitrogen and oxygen atoms in total. The van der Waals surface area contributed by atoms with Crippen LogP contribution in [0.3, 0.4) is 0 Å². The molecule has 0 spiro atoms. The van der Waals surface area contributed by atoms with Crippen LogP contribution in [0.4, 0.5) is 0 Å². The number of hydrogen-bond acceptors (Lipinski definition) is 3. The number of carbonyl (C=O) groups is 1. The van der Waals surface area contributed by atoms with Crippen LogP contribution < -0.4 is 10.9 Å². The summed E-state index contributed by atoms with van der Waals surface area (Å²) < 4.78 is 3.49. The third-order valence-corrected chi connectivity index (χ3v) is 5.05. The highest BCUT2D eigenvalue weighted by Crippen LogP contribution is 2.37. The van der Waals surface area contributed by atoms with Gasteiger partial charge < -0.3 is 14.5 Å². The number of aromatic nitrogens is 3. The van der Waals surface area contributed by atoms with Crippen LogP contribution in [0.1, 0.15) is 40.0 Å². The zero-order valence-corrected chi connectivity index (χ0v) is 14.5. The van der Waals surface area contributed by atoms with Gasteiger partial charge >= 0.3 is 0 Å². The maximum Gasteiger partial charge on any atom is 0.252 e. The van der Waals surface area contributed by atoms with Gasteiger partial charge in [-0.05, 0) is 30.0 Å². The summed E-state index contributed by atoms with van der Waals surface area (Å²) in [6.07, 6.45) is 8.94. The summed E-state index contributed by atoms with van der Waals surface area (Å²) in [5.74, 6) is -0.241. The van der Waals surface area contributed by atoms with Crippen LogP contribution in [-0.4, -0.2) is 20.0 Å². The second-order valence-corrected chi connectivity index (χ2v) is 6.63. The van der Waals surface area contributed by atoms with Crippen molar-refractivity contribution in [3.05, 3.63) is 88.4 Å². The van der Waals surface area contributed by atoms with Gasteiger partial charge in [0.15, 0.2) is 0 Å². The maximum atomic E-state index is 12.8. The quantitative estimate of drug-likeness (QED) is 0.789. The molecule has 1 amide bonds. The van der Waals surface area contributed by atoms with E-state index in [4.69, 9.17) is 0 Å². The molecule has 0 fully saturated rings. The SMILES string of the molecule is Cn1ccc(C(=O)N[C@H]2c3ccccc3CC[C@@H]2n2ccnc2)cc1=O. The van der Waals surface area contributed by atoms with Crippen LogP contribution in [-0.2, 0) is 13.5 Å². The Hall–Kier alpha value is -3.15. The summed E-state index contributed by atoms with van der Waals surface area (Å²) in [5.41, 5.74) is 2.54. The summed E-state index contributed by atoms with van der Waals surface area (Å²) in [6, 6.07) is 11.1. The summed E-state index contributed by atoms with van der Waals surface area (Å²) in [7, 11) is 1.66. The molecule has 0 radical (unpaired) electrons. The lowest BCUT2D eigenvalue weighted by Gasteiger charge is -2.35. The van der Waals surface area contributed by atoms with Crippen LogP contribution >= 0.6 is 0 Å². The van der Waals surface area contributed by atoms with Gasteiger partial charge in [0.2, 0.25) is 0 Å². The second kappa shape index (κ2) is 6.63. The molecular weight excluding hydrogens is 328 g/mol. The van der Waals surface area contributed by atoms with Gasteiger partial charge in [0.05, 0.1) is 18.4 Å². The van der Waals surface area contributed by atoms with Crippen LogP contribution in [0.2, 0.25) is 0 Å². The molecule has 0 bridgehead atoms. The van der Waals surface area contributed by atoms with Gasteiger partial charge in [0.1, 0.15) is 0 Å². The first-order chi connectivity index (χ1) is 12.6. The number of fused-ring (bicyclic) bond motifs is 1. The van der Waals surface area contributed by atoms with Crippen molar-refractivity contribution in [1.29, 1.82) is 0 Å². The standard InChI is InChI=1S/C20H20N4O2/c1-23-10-8-15(12-18(23)25)20(26)22-19-16-5-3-2-4-14(16)6-7-17(19)24-11-9-21-13-24/h2-5,8-13,17,19H,6-7H2,1H3,(H,22,26)/t17-,19-/m0/s1. The van der Waals surface area contributed by atoms with E-state index in [0.29, 0.717) is 5.56 Å². The lowest BCUT2D eigenvalue weighted by molar-refractivity contribution is 0.0917. The van der Waals surface area contributed by atoms with Crippen molar-refractivity contribution in [3.63, 3.8) is 0 Å². The van der Waals surface area contributed by atoms with Crippen molar-refractivity contribution in [1.82, 2.24) is 19.4 Å². The molecule has 3 aromatic rings. The monoisotopic (exact) mass is 348 g/mol. The first-order valence-corrected chi connectivity index (χ1v) is 8.66. The maximum absolute atomic E-state index is 12.8. The van der Waals surface area contributed by atoms with E-state index in [1.54, 1.807) is 31.8 Å². The Morgan fingerprint density at radius 2 is 2.08 bits per heavy atom. The Bertz CT molecular complexity index is 991. The highest BCUT2D eigenvalue weighted by Gasteiger charge is 2.31. The van der Waals surface area contributed by atoms with Crippen molar-refractivity contribution >= 4 is 5.91 Å². The first-order valence-electron chi connectivity index (χ1n) is 8.66. The summed E-state index contributed by atoms with van der Waals surface area (Å²) >= 11 is 0. The average Bonchev–Trinajstić information content (AvgIpc) is 3.18. The van der Waals surface area contributed by atoms with Crippen molar-refractivity contribution < 1.29 is 4.79 Å². The first kappa shape index (κ1) is 16.3. The predicted octanol–water partition coefficient (Wildman–Crippen LogP) is 2.24. The van der Waals surface area contributed by atoms with Crippen molar-refractivity contribution in [3.8, 4) is 0 Å². The molecule has 26 heavy (non-hydrogen) atoms. The van der Waals surface area contributed by atoms with Gasteiger partial charge in [-0.1, -0.05) is 24.3 Å². The summed E-state index contributed by atoms with van der Waals surface area (Å²) in [6.45, 7) is 0. The van der Waals surface area contributed by atoms with Crippen LogP contribution in [0.15, 0.2) is 66.1 Å². The molecule has 132 valence electrons. The van der Waals surface area contributed by atoms with Crippen molar-refractivity contribution in [2.75, 3.05) is 0 Å². The smallest absolute Gasteiger partial charge is 0.252 e. The van der Waals surface area contributed by atoms with Gasteiger partial charge in [-0.3, -0.25) is 9.59 Å². The van der Waals surface area contributed by atoms with Crippen LogP contribution in [0.25, 0.3) is 0 Å². The topological polar surface area (TPSA) is 68.9 Å². The van der Waals surface area contributed by atoms with E-state index in [1.165, 1.54) is 16.2 Å². The molecule has 1 aromatic carbocycles. The molecule has 1 aliphatic carbocycles. The molecule has 0 saturated carbocycles. The van der Waals surface area contributed by atoms with E-state index in [1.807, 2.05) is 22.9 Å². The Morgan fingerprint density at radius 1 is 1.23 bits per heavy atom. The van der Waals surface area contributed by atoms with Crippen molar-refractivity contribution in [2.45, 2.75) is 24.9 Å². The second-order valence-electron chi connectivity index (χ2n) is 6.63. The number of imidazole rings is 1. The van der Waals surface area contributed by atoms with E-state index in [2.05, 4.69) is 22.4 Å². The average molecular weight is 348 g/mol. The molecule has 0 aliphatic heterocycles. The van der Waals surface area contributed by atoms with Gasteiger partial charge in [-0.25, -0.2) is 4.98 Å². The Labute approximate surface area is 151 Å². The summed E-state index contributed by atoms with van der Waals surface area (Å²) in [5, 5.41) is 3.14. The molecule has 2 atom stereocenters. The Morgan fingerprint density at radius 3 is 2.85 bits per heavy atom. The van der Waals surface area contributed by atoms with Crippen LogP contribution in [0, 0.1) is 0 Å². The number of benzene rings is 1. The third-order valence-electron chi connectivity index (χ3n) is 5.05. The van der Waals surface area contributed by atoms with E-state index in [9.17, 15) is 9.59 Å². The number of carbonyl (C=O) groups excluding carboxylic acids is 1. The van der Waals surface area contributed by atoms with Gasteiger partial charge in [0, 0.05) is 37.3 Å². The highest BCUT2D eigenvalue weighted by molar-refractivity contribution is 5.94. The minimum absolute atomic E-state index is 0.0860. The fourth-order valence-corrected chi connectivity index (χ4v) is 3.62. The summed E-state index contributed by atoms with van der Waals surface area (Å²) in [4.78, 5) is 28.8. The lowest BCUT2D eigenvalue weighted by Crippen LogP contribution is -2.37. The van der Waals surface area contributed by atoms with Gasteiger partial charge in [-0.2, -0.15) is 0 Å². The number of nitrogens with one attached hydrogen (secondary N) is 1. The lowest BCUT2D eigenvalue weighted by atomic mass is 9.83. The Balaban J connectivity index is 1.69. The third kappa shape index (κ3) is 2.94. The zero-order valence-electron chi connectivity index (χ0n) is 14.5. The molecule has 2 aromatic heterocycles. The molecule has 2 heterocycles. The number of rotatable bonds is 3. The van der Waals surface area contributed by atoms with E-state index in [-0.39, 0.29) is 23.6 Å². The fraction of sp³-hybridized carbons (Fsp3) is 0.250. The minimum atomic E-state index is -0.241. The normalized spacial score (nSPS) is 19.0. The number of hydrogen-bond donors (Lipinski definition) is 1. The largest absolute Gasteiger partial charge is 0.343 e. The molecule has 4 rings (SSSR count). The number of aryl methyl sites for hydroxylation is 2. The molecule has 6 heteroatoms. The molecule has 0 saturated heterocycles. The van der Waals surface area contributed by atoms with E-state index < -0.39 is 0 Å². The number of amides is 1.